The number of rotatable bonds is 6. The lowest BCUT2D eigenvalue weighted by Crippen LogP contribution is -2.28. The molecule has 0 aliphatic carbocycles. The third kappa shape index (κ3) is 4.97. The Morgan fingerprint density at radius 3 is 2.08 bits per heavy atom. The Morgan fingerprint density at radius 2 is 1.50 bits per heavy atom. The number of nitrogens with zero attached hydrogens (tertiary/aromatic N) is 1. The molecule has 2 aromatic rings. The van der Waals surface area contributed by atoms with Crippen LogP contribution in [0.15, 0.2) is 48.5 Å². The Labute approximate surface area is 141 Å². The number of hydrogen-bond donors (Lipinski definition) is 3. The zero-order valence-electron chi connectivity index (χ0n) is 13.7. The van der Waals surface area contributed by atoms with Crippen LogP contribution < -0.4 is 15.4 Å². The number of nitrogens with one attached hydrogen (secondary N) is 3. The summed E-state index contributed by atoms with van der Waals surface area (Å²) in [5.74, 6) is -0.135. The molecule has 1 amide bonds. The molecule has 8 heteroatoms. The standard InChI is InChI=1S/C16H20N4O3S/c1-12(21)17-15-5-4-6-16(11-15)18-13-7-9-14(10-8-13)19-24(22,23)20(2)3/h4-11,18-19H,1-3H3,(H,17,21). The van der Waals surface area contributed by atoms with Crippen LogP contribution in [0.25, 0.3) is 0 Å². The van der Waals surface area contributed by atoms with E-state index in [2.05, 4.69) is 15.4 Å². The van der Waals surface area contributed by atoms with E-state index in [9.17, 15) is 13.2 Å². The normalized spacial score (nSPS) is 11.2. The van der Waals surface area contributed by atoms with Gasteiger partial charge in [0.15, 0.2) is 0 Å². The van der Waals surface area contributed by atoms with Gasteiger partial charge >= 0.3 is 10.2 Å². The first-order chi connectivity index (χ1) is 11.3. The van der Waals surface area contributed by atoms with Crippen LogP contribution in [-0.4, -0.2) is 32.7 Å². The topological polar surface area (TPSA) is 90.5 Å². The van der Waals surface area contributed by atoms with Crippen LogP contribution in [0.2, 0.25) is 0 Å². The van der Waals surface area contributed by atoms with Gasteiger partial charge in [-0.25, -0.2) is 0 Å². The molecular weight excluding hydrogens is 328 g/mol. The molecule has 0 aliphatic heterocycles. The second kappa shape index (κ2) is 7.33. The summed E-state index contributed by atoms with van der Waals surface area (Å²) in [6.07, 6.45) is 0. The van der Waals surface area contributed by atoms with Crippen LogP contribution in [0.5, 0.6) is 0 Å². The number of carbonyl (C=O) groups is 1. The van der Waals surface area contributed by atoms with Crippen molar-refractivity contribution in [1.82, 2.24) is 4.31 Å². The lowest BCUT2D eigenvalue weighted by Gasteiger charge is -2.14. The molecule has 7 nitrogen and oxygen atoms in total. The van der Waals surface area contributed by atoms with E-state index in [1.807, 2.05) is 18.2 Å². The Kier molecular flexibility index (Phi) is 5.42. The van der Waals surface area contributed by atoms with Crippen LogP contribution in [0, 0.1) is 0 Å². The largest absolute Gasteiger partial charge is 0.355 e. The van der Waals surface area contributed by atoms with Crippen molar-refractivity contribution < 1.29 is 13.2 Å². The molecule has 2 rings (SSSR count). The van der Waals surface area contributed by atoms with E-state index in [0.717, 1.165) is 15.7 Å². The minimum absolute atomic E-state index is 0.135. The molecule has 24 heavy (non-hydrogen) atoms. The van der Waals surface area contributed by atoms with Gasteiger partial charge in [-0.05, 0) is 42.5 Å². The van der Waals surface area contributed by atoms with Crippen molar-refractivity contribution in [3.63, 3.8) is 0 Å². The minimum atomic E-state index is -3.52. The minimum Gasteiger partial charge on any atom is -0.355 e. The van der Waals surface area contributed by atoms with Gasteiger partial charge < -0.3 is 10.6 Å². The fraction of sp³-hybridized carbons (Fsp3) is 0.188. The first-order valence-corrected chi connectivity index (χ1v) is 8.65. The van der Waals surface area contributed by atoms with Crippen LogP contribution in [0.1, 0.15) is 6.92 Å². The van der Waals surface area contributed by atoms with E-state index in [-0.39, 0.29) is 5.91 Å². The molecule has 0 spiro atoms. The first kappa shape index (κ1) is 17.8. The maximum absolute atomic E-state index is 11.8. The second-order valence-corrected chi connectivity index (χ2v) is 7.24. The summed E-state index contributed by atoms with van der Waals surface area (Å²) in [5.41, 5.74) is 2.77. The number of amides is 1. The van der Waals surface area contributed by atoms with Crippen LogP contribution in [0.4, 0.5) is 22.7 Å². The second-order valence-electron chi connectivity index (χ2n) is 5.35. The highest BCUT2D eigenvalue weighted by atomic mass is 32.2. The number of carbonyl (C=O) groups excluding carboxylic acids is 1. The van der Waals surface area contributed by atoms with Gasteiger partial charge in [-0.2, -0.15) is 12.7 Å². The van der Waals surface area contributed by atoms with Gasteiger partial charge in [0.25, 0.3) is 0 Å². The van der Waals surface area contributed by atoms with Crippen molar-refractivity contribution >= 4 is 38.9 Å². The van der Waals surface area contributed by atoms with E-state index in [4.69, 9.17) is 0 Å². The molecule has 0 aliphatic rings. The number of anilines is 4. The zero-order chi connectivity index (χ0) is 17.7. The molecule has 128 valence electrons. The van der Waals surface area contributed by atoms with Gasteiger partial charge in [-0.1, -0.05) is 6.07 Å². The lowest BCUT2D eigenvalue weighted by molar-refractivity contribution is -0.114. The van der Waals surface area contributed by atoms with Crippen molar-refractivity contribution in [3.8, 4) is 0 Å². The molecule has 2 aromatic carbocycles. The lowest BCUT2D eigenvalue weighted by atomic mass is 10.2. The SMILES string of the molecule is CC(=O)Nc1cccc(Nc2ccc(NS(=O)(=O)N(C)C)cc2)c1. The molecule has 0 heterocycles. The highest BCUT2D eigenvalue weighted by Crippen LogP contribution is 2.22. The van der Waals surface area contributed by atoms with E-state index >= 15 is 0 Å². The maximum Gasteiger partial charge on any atom is 0.301 e. The molecule has 0 radical (unpaired) electrons. The van der Waals surface area contributed by atoms with Crippen molar-refractivity contribution in [1.29, 1.82) is 0 Å². The summed E-state index contributed by atoms with van der Waals surface area (Å²) in [6, 6.07) is 14.2. The van der Waals surface area contributed by atoms with E-state index < -0.39 is 10.2 Å². The third-order valence-electron chi connectivity index (χ3n) is 3.08. The third-order valence-corrected chi connectivity index (χ3v) is 4.54. The van der Waals surface area contributed by atoms with Gasteiger partial charge in [-0.3, -0.25) is 9.52 Å². The summed E-state index contributed by atoms with van der Waals surface area (Å²) in [6.45, 7) is 1.45. The molecule has 0 saturated carbocycles. The molecule has 0 aromatic heterocycles. The van der Waals surface area contributed by atoms with E-state index in [1.54, 1.807) is 30.3 Å². The van der Waals surface area contributed by atoms with Gasteiger partial charge in [-0.15, -0.1) is 0 Å². The predicted molar refractivity (Wildman–Crippen MR) is 96.7 cm³/mol. The van der Waals surface area contributed by atoms with Crippen molar-refractivity contribution in [3.05, 3.63) is 48.5 Å². The molecule has 0 atom stereocenters. The van der Waals surface area contributed by atoms with Crippen molar-refractivity contribution in [2.75, 3.05) is 29.5 Å². The van der Waals surface area contributed by atoms with Gasteiger partial charge in [0.1, 0.15) is 0 Å². The Balaban J connectivity index is 2.08. The van der Waals surface area contributed by atoms with Crippen LogP contribution >= 0.6 is 0 Å². The van der Waals surface area contributed by atoms with Gasteiger partial charge in [0.2, 0.25) is 5.91 Å². The molecule has 0 fully saturated rings. The van der Waals surface area contributed by atoms with E-state index in [1.165, 1.54) is 21.0 Å². The summed E-state index contributed by atoms with van der Waals surface area (Å²) in [4.78, 5) is 11.1. The smallest absolute Gasteiger partial charge is 0.301 e. The highest BCUT2D eigenvalue weighted by Gasteiger charge is 2.12. The summed E-state index contributed by atoms with van der Waals surface area (Å²) < 4.78 is 27.1. The van der Waals surface area contributed by atoms with Crippen LogP contribution in [0.3, 0.4) is 0 Å². The van der Waals surface area contributed by atoms with Crippen molar-refractivity contribution in [2.24, 2.45) is 0 Å². The summed E-state index contributed by atoms with van der Waals surface area (Å²) >= 11 is 0. The fourth-order valence-electron chi connectivity index (χ4n) is 1.91. The Morgan fingerprint density at radius 1 is 0.917 bits per heavy atom. The Hall–Kier alpha value is -2.58. The van der Waals surface area contributed by atoms with Gasteiger partial charge in [0.05, 0.1) is 0 Å². The quantitative estimate of drug-likeness (QED) is 0.748. The average Bonchev–Trinajstić information content (AvgIpc) is 2.48. The Bertz CT molecular complexity index is 817. The fourth-order valence-corrected chi connectivity index (χ4v) is 2.52. The van der Waals surface area contributed by atoms with Gasteiger partial charge in [0, 0.05) is 43.8 Å². The first-order valence-electron chi connectivity index (χ1n) is 7.21. The number of hydrogen-bond acceptors (Lipinski definition) is 4. The zero-order valence-corrected chi connectivity index (χ0v) is 14.5. The average molecular weight is 348 g/mol. The highest BCUT2D eigenvalue weighted by molar-refractivity contribution is 7.90. The number of benzene rings is 2. The maximum atomic E-state index is 11.8. The monoisotopic (exact) mass is 348 g/mol. The van der Waals surface area contributed by atoms with E-state index in [0.29, 0.717) is 11.4 Å². The van der Waals surface area contributed by atoms with Crippen LogP contribution in [-0.2, 0) is 15.0 Å². The summed E-state index contributed by atoms with van der Waals surface area (Å²) in [5, 5.41) is 5.91. The molecule has 0 saturated heterocycles. The molecule has 0 unspecified atom stereocenters. The molecule has 3 N–H and O–H groups in total. The predicted octanol–water partition coefficient (Wildman–Crippen LogP) is 2.61. The van der Waals surface area contributed by atoms with Crippen molar-refractivity contribution in [2.45, 2.75) is 6.92 Å². The molecular formula is C16H20N4O3S. The molecule has 0 bridgehead atoms. The summed E-state index contributed by atoms with van der Waals surface area (Å²) in [7, 11) is -0.600.